The van der Waals surface area contributed by atoms with E-state index in [4.69, 9.17) is 0 Å². The summed E-state index contributed by atoms with van der Waals surface area (Å²) < 4.78 is 0.938. The second-order valence-electron chi connectivity index (χ2n) is 4.12. The Bertz CT molecular complexity index is 734. The minimum absolute atomic E-state index is 0.241. The summed E-state index contributed by atoms with van der Waals surface area (Å²) in [6, 6.07) is 10.5. The summed E-state index contributed by atoms with van der Waals surface area (Å²) in [5.41, 5.74) is 2.60. The van der Waals surface area contributed by atoms with Gasteiger partial charge in [-0.25, -0.2) is 4.98 Å². The Kier molecular flexibility index (Phi) is 2.45. The number of benzene rings is 2. The molecule has 0 amide bonds. The van der Waals surface area contributed by atoms with Crippen molar-refractivity contribution < 1.29 is 10.2 Å². The molecule has 0 fully saturated rings. The molecule has 0 saturated heterocycles. The smallest absolute Gasteiger partial charge is 0.125 e. The van der Waals surface area contributed by atoms with Crippen LogP contribution in [-0.2, 0) is 0 Å². The number of hydrogen-bond acceptors (Lipinski definition) is 4. The third-order valence-corrected chi connectivity index (χ3v) is 3.96. The number of thiazole rings is 1. The molecule has 0 unspecified atom stereocenters. The molecule has 2 aromatic carbocycles. The zero-order valence-corrected chi connectivity index (χ0v) is 10.5. The Morgan fingerprint density at radius 2 is 1.94 bits per heavy atom. The van der Waals surface area contributed by atoms with Crippen molar-refractivity contribution in [1.82, 2.24) is 4.98 Å². The molecule has 2 N–H and O–H groups in total. The highest BCUT2D eigenvalue weighted by atomic mass is 32.1. The van der Waals surface area contributed by atoms with E-state index >= 15 is 0 Å². The first-order valence-corrected chi connectivity index (χ1v) is 6.35. The molecule has 1 aromatic heterocycles. The summed E-state index contributed by atoms with van der Waals surface area (Å²) >= 11 is 1.51. The van der Waals surface area contributed by atoms with E-state index in [0.29, 0.717) is 0 Å². The van der Waals surface area contributed by atoms with Gasteiger partial charge in [0.15, 0.2) is 0 Å². The number of aromatic hydroxyl groups is 2. The van der Waals surface area contributed by atoms with Crippen LogP contribution in [0.5, 0.6) is 11.5 Å². The predicted molar refractivity (Wildman–Crippen MR) is 73.1 cm³/mol. The van der Waals surface area contributed by atoms with Crippen molar-refractivity contribution in [2.75, 3.05) is 0 Å². The molecule has 0 spiro atoms. The topological polar surface area (TPSA) is 53.4 Å². The van der Waals surface area contributed by atoms with Crippen LogP contribution in [0.1, 0.15) is 5.56 Å². The van der Waals surface area contributed by atoms with Crippen LogP contribution in [-0.4, -0.2) is 15.2 Å². The second-order valence-corrected chi connectivity index (χ2v) is 5.15. The van der Waals surface area contributed by atoms with E-state index in [0.717, 1.165) is 26.4 Å². The third-order valence-electron chi connectivity index (χ3n) is 2.91. The highest BCUT2D eigenvalue weighted by molar-refractivity contribution is 7.21. The van der Waals surface area contributed by atoms with Gasteiger partial charge in [0, 0.05) is 11.1 Å². The van der Waals surface area contributed by atoms with Crippen LogP contribution in [0.25, 0.3) is 20.8 Å². The molecule has 0 atom stereocenters. The Morgan fingerprint density at radius 1 is 1.11 bits per heavy atom. The summed E-state index contributed by atoms with van der Waals surface area (Å²) in [5.74, 6) is 0.514. The molecule has 0 bridgehead atoms. The van der Waals surface area contributed by atoms with Crippen LogP contribution < -0.4 is 0 Å². The lowest BCUT2D eigenvalue weighted by Crippen LogP contribution is -1.82. The van der Waals surface area contributed by atoms with Gasteiger partial charge in [-0.05, 0) is 31.2 Å². The Balaban J connectivity index is 2.22. The molecule has 0 radical (unpaired) electrons. The van der Waals surface area contributed by atoms with Gasteiger partial charge >= 0.3 is 0 Å². The number of hydrogen-bond donors (Lipinski definition) is 2. The van der Waals surface area contributed by atoms with Gasteiger partial charge in [-0.3, -0.25) is 0 Å². The first-order valence-electron chi connectivity index (χ1n) is 5.53. The van der Waals surface area contributed by atoms with Gasteiger partial charge < -0.3 is 10.2 Å². The number of rotatable bonds is 1. The molecule has 1 heterocycles. The molecule has 90 valence electrons. The fourth-order valence-electron chi connectivity index (χ4n) is 1.88. The Hall–Kier alpha value is -2.07. The van der Waals surface area contributed by atoms with Crippen LogP contribution >= 0.6 is 11.3 Å². The van der Waals surface area contributed by atoms with Crippen molar-refractivity contribution in [2.24, 2.45) is 0 Å². The fourth-order valence-corrected chi connectivity index (χ4v) is 2.96. The number of fused-ring (bicyclic) bond motifs is 1. The Morgan fingerprint density at radius 3 is 2.78 bits per heavy atom. The first-order chi connectivity index (χ1) is 8.65. The van der Waals surface area contributed by atoms with Gasteiger partial charge in [0.25, 0.3) is 0 Å². The van der Waals surface area contributed by atoms with Crippen molar-refractivity contribution >= 4 is 21.6 Å². The van der Waals surface area contributed by atoms with E-state index in [9.17, 15) is 10.2 Å². The monoisotopic (exact) mass is 257 g/mol. The molecule has 18 heavy (non-hydrogen) atoms. The molecule has 0 aliphatic rings. The van der Waals surface area contributed by atoms with Crippen molar-refractivity contribution in [3.63, 3.8) is 0 Å². The minimum Gasteiger partial charge on any atom is -0.508 e. The number of phenolic OH excluding ortho intramolecular Hbond substituents is 2. The standard InChI is InChI=1S/C14H11NO2S/c1-8-10(3-2-4-12(8)17)14-15-11-6-5-9(16)7-13(11)18-14/h2-7,16-17H,1H3. The fraction of sp³-hybridized carbons (Fsp3) is 0.0714. The summed E-state index contributed by atoms with van der Waals surface area (Å²) in [4.78, 5) is 4.52. The van der Waals surface area contributed by atoms with E-state index in [2.05, 4.69) is 4.98 Å². The maximum atomic E-state index is 9.72. The lowest BCUT2D eigenvalue weighted by atomic mass is 10.1. The molecule has 3 rings (SSSR count). The van der Waals surface area contributed by atoms with Crippen LogP contribution in [0, 0.1) is 6.92 Å². The Labute approximate surface area is 108 Å². The normalized spacial score (nSPS) is 10.9. The highest BCUT2D eigenvalue weighted by Crippen LogP contribution is 2.35. The minimum atomic E-state index is 0.241. The molecule has 4 heteroatoms. The number of aromatic nitrogens is 1. The van der Waals surface area contributed by atoms with Crippen molar-refractivity contribution in [1.29, 1.82) is 0 Å². The van der Waals surface area contributed by atoms with Crippen LogP contribution in [0.4, 0.5) is 0 Å². The van der Waals surface area contributed by atoms with Gasteiger partial charge in [-0.2, -0.15) is 0 Å². The summed E-state index contributed by atoms with van der Waals surface area (Å²) in [6.07, 6.45) is 0. The van der Waals surface area contributed by atoms with Gasteiger partial charge in [0.05, 0.1) is 10.2 Å². The van der Waals surface area contributed by atoms with E-state index in [1.54, 1.807) is 30.3 Å². The molecule has 3 nitrogen and oxygen atoms in total. The largest absolute Gasteiger partial charge is 0.508 e. The summed E-state index contributed by atoms with van der Waals surface area (Å²) in [5, 5.41) is 20.0. The summed E-state index contributed by atoms with van der Waals surface area (Å²) in [6.45, 7) is 1.87. The maximum Gasteiger partial charge on any atom is 0.125 e. The molecular formula is C14H11NO2S. The van der Waals surface area contributed by atoms with Crippen molar-refractivity contribution in [3.05, 3.63) is 42.0 Å². The molecule has 0 aliphatic carbocycles. The highest BCUT2D eigenvalue weighted by Gasteiger charge is 2.10. The van der Waals surface area contributed by atoms with E-state index < -0.39 is 0 Å². The van der Waals surface area contributed by atoms with Crippen LogP contribution in [0.15, 0.2) is 36.4 Å². The van der Waals surface area contributed by atoms with Gasteiger partial charge in [0.2, 0.25) is 0 Å². The first kappa shape index (κ1) is 11.0. The van der Waals surface area contributed by atoms with Crippen molar-refractivity contribution in [3.8, 4) is 22.1 Å². The zero-order chi connectivity index (χ0) is 12.7. The maximum absolute atomic E-state index is 9.72. The zero-order valence-electron chi connectivity index (χ0n) is 9.71. The second kappa shape index (κ2) is 3.99. The SMILES string of the molecule is Cc1c(O)cccc1-c1nc2ccc(O)cc2s1. The van der Waals surface area contributed by atoms with Crippen LogP contribution in [0.2, 0.25) is 0 Å². The third kappa shape index (κ3) is 1.71. The molecule has 3 aromatic rings. The average molecular weight is 257 g/mol. The molecular weight excluding hydrogens is 246 g/mol. The lowest BCUT2D eigenvalue weighted by molar-refractivity contribution is 0.471. The van der Waals surface area contributed by atoms with Gasteiger partial charge in [-0.1, -0.05) is 12.1 Å². The van der Waals surface area contributed by atoms with Gasteiger partial charge in [0.1, 0.15) is 16.5 Å². The average Bonchev–Trinajstić information content (AvgIpc) is 2.75. The van der Waals surface area contributed by atoms with E-state index in [1.807, 2.05) is 13.0 Å². The summed E-state index contributed by atoms with van der Waals surface area (Å²) in [7, 11) is 0. The van der Waals surface area contributed by atoms with E-state index in [1.165, 1.54) is 11.3 Å². The lowest BCUT2D eigenvalue weighted by Gasteiger charge is -2.03. The van der Waals surface area contributed by atoms with Crippen molar-refractivity contribution in [2.45, 2.75) is 6.92 Å². The predicted octanol–water partition coefficient (Wildman–Crippen LogP) is 3.68. The number of nitrogens with zero attached hydrogens (tertiary/aromatic N) is 1. The van der Waals surface area contributed by atoms with Gasteiger partial charge in [-0.15, -0.1) is 11.3 Å². The van der Waals surface area contributed by atoms with Crippen LogP contribution in [0.3, 0.4) is 0 Å². The molecule has 0 saturated carbocycles. The quantitative estimate of drug-likeness (QED) is 0.699. The molecule has 0 aliphatic heterocycles. The number of phenols is 2. The van der Waals surface area contributed by atoms with E-state index in [-0.39, 0.29) is 11.5 Å².